The van der Waals surface area contributed by atoms with Gasteiger partial charge in [-0.1, -0.05) is 0 Å². The number of aliphatic carboxylic acids is 1. The number of carboxylic acid groups (broad SMARTS) is 1. The molecule has 0 bridgehead atoms. The second-order valence-electron chi connectivity index (χ2n) is 3.42. The molecule has 0 spiro atoms. The Hall–Kier alpha value is -0.610. The Bertz CT molecular complexity index is 170. The third-order valence-electron chi connectivity index (χ3n) is 2.11. The van der Waals surface area contributed by atoms with Crippen LogP contribution in [0.5, 0.6) is 0 Å². The lowest BCUT2D eigenvalue weighted by atomic mass is 9.97. The molecule has 0 aromatic heterocycles. The van der Waals surface area contributed by atoms with Crippen molar-refractivity contribution in [1.29, 1.82) is 0 Å². The molecule has 0 aromatic carbocycles. The first-order valence-electron chi connectivity index (χ1n) is 4.10. The van der Waals surface area contributed by atoms with E-state index in [0.717, 1.165) is 12.8 Å². The molecule has 1 rings (SSSR count). The second-order valence-corrected chi connectivity index (χ2v) is 3.42. The lowest BCUT2D eigenvalue weighted by molar-refractivity contribution is -0.159. The van der Waals surface area contributed by atoms with E-state index in [-0.39, 0.29) is 12.5 Å². The molecular formula is C8H14O4. The molecule has 0 aliphatic carbocycles. The Kier molecular flexibility index (Phi) is 2.69. The summed E-state index contributed by atoms with van der Waals surface area (Å²) in [6, 6.07) is 0. The van der Waals surface area contributed by atoms with Crippen molar-refractivity contribution in [3.8, 4) is 0 Å². The van der Waals surface area contributed by atoms with Crippen molar-refractivity contribution in [3.05, 3.63) is 0 Å². The smallest absolute Gasteiger partial charge is 0.335 e. The summed E-state index contributed by atoms with van der Waals surface area (Å²) in [6.45, 7) is 1.98. The first kappa shape index (κ1) is 9.48. The fourth-order valence-corrected chi connectivity index (χ4v) is 1.34. The summed E-state index contributed by atoms with van der Waals surface area (Å²) in [5, 5.41) is 18.0. The summed E-state index contributed by atoms with van der Waals surface area (Å²) < 4.78 is 5.22. The Labute approximate surface area is 71.2 Å². The van der Waals surface area contributed by atoms with Crippen LogP contribution in [-0.2, 0) is 9.53 Å². The Morgan fingerprint density at radius 1 is 1.75 bits per heavy atom. The fraction of sp³-hybridized carbons (Fsp3) is 0.875. The summed E-state index contributed by atoms with van der Waals surface area (Å²) in [5.74, 6) is -1.18. The Balaban J connectivity index is 2.42. The van der Waals surface area contributed by atoms with E-state index < -0.39 is 11.6 Å². The number of ether oxygens (including phenoxy) is 1. The van der Waals surface area contributed by atoms with Crippen LogP contribution in [0.25, 0.3) is 0 Å². The molecule has 1 aliphatic rings. The molecule has 1 heterocycles. The van der Waals surface area contributed by atoms with Crippen molar-refractivity contribution in [2.24, 2.45) is 0 Å². The third kappa shape index (κ3) is 2.19. The molecule has 4 nitrogen and oxygen atoms in total. The minimum Gasteiger partial charge on any atom is -0.479 e. The molecule has 4 heteroatoms. The highest BCUT2D eigenvalue weighted by Gasteiger charge is 2.34. The molecule has 70 valence electrons. The van der Waals surface area contributed by atoms with Crippen LogP contribution >= 0.6 is 0 Å². The first-order valence-corrected chi connectivity index (χ1v) is 4.10. The molecule has 2 atom stereocenters. The molecule has 0 radical (unpaired) electrons. The quantitative estimate of drug-likeness (QED) is 0.649. The fourth-order valence-electron chi connectivity index (χ4n) is 1.34. The van der Waals surface area contributed by atoms with E-state index in [2.05, 4.69) is 0 Å². The van der Waals surface area contributed by atoms with Gasteiger partial charge in [0.1, 0.15) is 0 Å². The number of rotatable bonds is 3. The Morgan fingerprint density at radius 3 is 2.83 bits per heavy atom. The molecule has 2 unspecified atom stereocenters. The zero-order chi connectivity index (χ0) is 9.19. The van der Waals surface area contributed by atoms with Gasteiger partial charge in [-0.05, 0) is 19.8 Å². The topological polar surface area (TPSA) is 66.8 Å². The van der Waals surface area contributed by atoms with E-state index in [4.69, 9.17) is 9.84 Å². The first-order chi connectivity index (χ1) is 5.52. The standard InChI is InChI=1S/C8H14O4/c1-8(11,7(9)10)5-6-3-2-4-12-6/h6,11H,2-5H2,1H3,(H,9,10). The van der Waals surface area contributed by atoms with Crippen molar-refractivity contribution < 1.29 is 19.7 Å². The van der Waals surface area contributed by atoms with E-state index in [9.17, 15) is 9.90 Å². The van der Waals surface area contributed by atoms with E-state index in [0.29, 0.717) is 6.61 Å². The maximum atomic E-state index is 10.5. The SMILES string of the molecule is CC(O)(CC1CCCO1)C(=O)O. The van der Waals surface area contributed by atoms with Crippen molar-refractivity contribution in [2.75, 3.05) is 6.61 Å². The van der Waals surface area contributed by atoms with Gasteiger partial charge in [0, 0.05) is 13.0 Å². The van der Waals surface area contributed by atoms with E-state index in [1.54, 1.807) is 0 Å². The average molecular weight is 174 g/mol. The number of aliphatic hydroxyl groups is 1. The monoisotopic (exact) mass is 174 g/mol. The van der Waals surface area contributed by atoms with Crippen LogP contribution in [-0.4, -0.2) is 34.5 Å². The molecular weight excluding hydrogens is 160 g/mol. The van der Waals surface area contributed by atoms with Crippen LogP contribution in [0.4, 0.5) is 0 Å². The van der Waals surface area contributed by atoms with Gasteiger partial charge in [0.15, 0.2) is 5.60 Å². The van der Waals surface area contributed by atoms with Gasteiger partial charge in [-0.15, -0.1) is 0 Å². The van der Waals surface area contributed by atoms with Gasteiger partial charge >= 0.3 is 5.97 Å². The van der Waals surface area contributed by atoms with Crippen LogP contribution < -0.4 is 0 Å². The summed E-state index contributed by atoms with van der Waals surface area (Å²) in [4.78, 5) is 10.5. The van der Waals surface area contributed by atoms with Gasteiger partial charge < -0.3 is 14.9 Å². The molecule has 1 aliphatic heterocycles. The number of hydrogen-bond acceptors (Lipinski definition) is 3. The number of carboxylic acids is 1. The van der Waals surface area contributed by atoms with E-state index in [1.165, 1.54) is 6.92 Å². The van der Waals surface area contributed by atoms with Crippen LogP contribution in [0.15, 0.2) is 0 Å². The predicted octanol–water partition coefficient (Wildman–Crippen LogP) is 0.391. The highest BCUT2D eigenvalue weighted by molar-refractivity contribution is 5.76. The summed E-state index contributed by atoms with van der Waals surface area (Å²) in [7, 11) is 0. The summed E-state index contributed by atoms with van der Waals surface area (Å²) in [6.07, 6.45) is 1.91. The minimum absolute atomic E-state index is 0.0869. The van der Waals surface area contributed by atoms with Crippen LogP contribution in [0.3, 0.4) is 0 Å². The number of carbonyl (C=O) groups is 1. The average Bonchev–Trinajstić information content (AvgIpc) is 2.38. The van der Waals surface area contributed by atoms with Crippen LogP contribution in [0, 0.1) is 0 Å². The normalized spacial score (nSPS) is 28.3. The Morgan fingerprint density at radius 2 is 2.42 bits per heavy atom. The largest absolute Gasteiger partial charge is 0.479 e. The van der Waals surface area contributed by atoms with Crippen molar-refractivity contribution in [3.63, 3.8) is 0 Å². The lowest BCUT2D eigenvalue weighted by Crippen LogP contribution is -2.38. The molecule has 0 aromatic rings. The predicted molar refractivity (Wildman–Crippen MR) is 41.9 cm³/mol. The molecule has 2 N–H and O–H groups in total. The zero-order valence-electron chi connectivity index (χ0n) is 7.12. The third-order valence-corrected chi connectivity index (χ3v) is 2.11. The zero-order valence-corrected chi connectivity index (χ0v) is 7.12. The second kappa shape index (κ2) is 3.41. The molecule has 1 fully saturated rings. The highest BCUT2D eigenvalue weighted by Crippen LogP contribution is 2.22. The van der Waals surface area contributed by atoms with Gasteiger partial charge in [0.25, 0.3) is 0 Å². The van der Waals surface area contributed by atoms with Gasteiger partial charge in [-0.25, -0.2) is 4.79 Å². The van der Waals surface area contributed by atoms with Gasteiger partial charge in [0.05, 0.1) is 6.10 Å². The van der Waals surface area contributed by atoms with Gasteiger partial charge in [-0.2, -0.15) is 0 Å². The summed E-state index contributed by atoms with van der Waals surface area (Å²) >= 11 is 0. The van der Waals surface area contributed by atoms with Crippen LogP contribution in [0.1, 0.15) is 26.2 Å². The molecule has 0 amide bonds. The highest BCUT2D eigenvalue weighted by atomic mass is 16.5. The molecule has 0 saturated carbocycles. The lowest BCUT2D eigenvalue weighted by Gasteiger charge is -2.21. The maximum absolute atomic E-state index is 10.5. The van der Waals surface area contributed by atoms with Gasteiger partial charge in [0.2, 0.25) is 0 Å². The molecule has 12 heavy (non-hydrogen) atoms. The van der Waals surface area contributed by atoms with E-state index >= 15 is 0 Å². The molecule has 1 saturated heterocycles. The van der Waals surface area contributed by atoms with Crippen molar-refractivity contribution >= 4 is 5.97 Å². The van der Waals surface area contributed by atoms with Crippen molar-refractivity contribution in [2.45, 2.75) is 37.9 Å². The van der Waals surface area contributed by atoms with Crippen LogP contribution in [0.2, 0.25) is 0 Å². The minimum atomic E-state index is -1.64. The van der Waals surface area contributed by atoms with E-state index in [1.807, 2.05) is 0 Å². The summed E-state index contributed by atoms with van der Waals surface area (Å²) in [5.41, 5.74) is -1.64. The number of hydrogen-bond donors (Lipinski definition) is 2. The van der Waals surface area contributed by atoms with Crippen molar-refractivity contribution in [1.82, 2.24) is 0 Å². The van der Waals surface area contributed by atoms with Gasteiger partial charge in [-0.3, -0.25) is 0 Å². The maximum Gasteiger partial charge on any atom is 0.335 e.